The van der Waals surface area contributed by atoms with E-state index in [1.54, 1.807) is 23.7 Å². The molecule has 0 bridgehead atoms. The number of amides is 2. The average molecular weight is 345 g/mol. The van der Waals surface area contributed by atoms with Gasteiger partial charge in [0.1, 0.15) is 5.82 Å². The number of carbonyl (C=O) groups excluding carboxylic acids is 1. The molecule has 1 fully saturated rings. The highest BCUT2D eigenvalue weighted by Crippen LogP contribution is 2.28. The first-order chi connectivity index (χ1) is 11.4. The molecule has 0 saturated carbocycles. The molecule has 1 N–H and O–H groups in total. The van der Waals surface area contributed by atoms with Crippen LogP contribution < -0.4 is 5.32 Å². The smallest absolute Gasteiger partial charge is 0.321 e. The molecule has 24 heavy (non-hydrogen) atoms. The maximum Gasteiger partial charge on any atom is 0.321 e. The zero-order valence-corrected chi connectivity index (χ0v) is 15.1. The molecule has 0 aliphatic carbocycles. The van der Waals surface area contributed by atoms with Crippen molar-refractivity contribution in [1.29, 1.82) is 0 Å². The van der Waals surface area contributed by atoms with Gasteiger partial charge in [0.25, 0.3) is 0 Å². The standard InChI is InChI=1S/C17H23N5OS/c1-17(2,3)15-19-9-13(10-20-15)21-16(23)22-7-4-5-12(11-22)14-18-6-8-24-14/h6,8-10,12H,4-5,7,11H2,1-3H3,(H,21,23). The van der Waals surface area contributed by atoms with Crippen LogP contribution in [-0.2, 0) is 5.41 Å². The monoisotopic (exact) mass is 345 g/mol. The van der Waals surface area contributed by atoms with Gasteiger partial charge in [-0.05, 0) is 12.8 Å². The first-order valence-corrected chi connectivity index (χ1v) is 9.09. The molecule has 1 unspecified atom stereocenters. The van der Waals surface area contributed by atoms with E-state index in [1.807, 2.05) is 16.5 Å². The highest BCUT2D eigenvalue weighted by atomic mass is 32.1. The van der Waals surface area contributed by atoms with Crippen molar-refractivity contribution < 1.29 is 4.79 Å². The SMILES string of the molecule is CC(C)(C)c1ncc(NC(=O)N2CCCC(c3nccs3)C2)cn1. The fraction of sp³-hybridized carbons (Fsp3) is 0.529. The van der Waals surface area contributed by atoms with Crippen LogP contribution in [0.15, 0.2) is 24.0 Å². The van der Waals surface area contributed by atoms with Gasteiger partial charge in [0.05, 0.1) is 23.1 Å². The minimum atomic E-state index is -0.101. The van der Waals surface area contributed by atoms with E-state index in [0.29, 0.717) is 18.2 Å². The summed E-state index contributed by atoms with van der Waals surface area (Å²) in [6, 6.07) is -0.0941. The number of likely N-dealkylation sites (tertiary alicyclic amines) is 1. The maximum atomic E-state index is 12.5. The van der Waals surface area contributed by atoms with Crippen LogP contribution in [0.2, 0.25) is 0 Å². The van der Waals surface area contributed by atoms with Gasteiger partial charge in [-0.1, -0.05) is 20.8 Å². The topological polar surface area (TPSA) is 71.0 Å². The lowest BCUT2D eigenvalue weighted by Crippen LogP contribution is -2.41. The summed E-state index contributed by atoms with van der Waals surface area (Å²) in [6.45, 7) is 7.67. The molecule has 3 rings (SSSR count). The molecule has 1 aliphatic rings. The Bertz CT molecular complexity index is 678. The van der Waals surface area contributed by atoms with Crippen LogP contribution in [0.25, 0.3) is 0 Å². The molecular formula is C17H23N5OS. The molecule has 2 aromatic heterocycles. The van der Waals surface area contributed by atoms with Crippen molar-refractivity contribution >= 4 is 23.1 Å². The summed E-state index contributed by atoms with van der Waals surface area (Å²) >= 11 is 1.66. The van der Waals surface area contributed by atoms with Gasteiger partial charge in [0.2, 0.25) is 0 Å². The predicted molar refractivity (Wildman–Crippen MR) is 95.4 cm³/mol. The van der Waals surface area contributed by atoms with Gasteiger partial charge in [-0.15, -0.1) is 11.3 Å². The third kappa shape index (κ3) is 3.90. The van der Waals surface area contributed by atoms with Gasteiger partial charge in [-0.3, -0.25) is 0 Å². The Labute approximate surface area is 146 Å². The van der Waals surface area contributed by atoms with E-state index in [4.69, 9.17) is 0 Å². The van der Waals surface area contributed by atoms with Crippen molar-refractivity contribution in [3.63, 3.8) is 0 Å². The second-order valence-electron chi connectivity index (χ2n) is 7.13. The molecular weight excluding hydrogens is 322 g/mol. The third-order valence-electron chi connectivity index (χ3n) is 4.08. The fourth-order valence-electron chi connectivity index (χ4n) is 2.78. The molecule has 2 amide bonds. The summed E-state index contributed by atoms with van der Waals surface area (Å²) in [6.07, 6.45) is 7.26. The average Bonchev–Trinajstić information content (AvgIpc) is 3.09. The van der Waals surface area contributed by atoms with Gasteiger partial charge < -0.3 is 10.2 Å². The number of hydrogen-bond donors (Lipinski definition) is 1. The van der Waals surface area contributed by atoms with Crippen LogP contribution in [0.4, 0.5) is 10.5 Å². The number of carbonyl (C=O) groups is 1. The van der Waals surface area contributed by atoms with E-state index in [0.717, 1.165) is 30.2 Å². The predicted octanol–water partition coefficient (Wildman–Crippen LogP) is 3.64. The van der Waals surface area contributed by atoms with E-state index in [-0.39, 0.29) is 11.4 Å². The zero-order chi connectivity index (χ0) is 17.2. The quantitative estimate of drug-likeness (QED) is 0.902. The molecule has 3 heterocycles. The van der Waals surface area contributed by atoms with E-state index >= 15 is 0 Å². The van der Waals surface area contributed by atoms with E-state index in [9.17, 15) is 4.79 Å². The maximum absolute atomic E-state index is 12.5. The minimum Gasteiger partial charge on any atom is -0.324 e. The molecule has 1 aliphatic heterocycles. The number of aromatic nitrogens is 3. The fourth-order valence-corrected chi connectivity index (χ4v) is 3.55. The van der Waals surface area contributed by atoms with Gasteiger partial charge >= 0.3 is 6.03 Å². The first kappa shape index (κ1) is 16.8. The zero-order valence-electron chi connectivity index (χ0n) is 14.3. The molecule has 6 nitrogen and oxygen atoms in total. The second kappa shape index (κ2) is 6.84. The highest BCUT2D eigenvalue weighted by Gasteiger charge is 2.26. The molecule has 0 spiro atoms. The molecule has 7 heteroatoms. The van der Waals surface area contributed by atoms with Gasteiger partial charge in [0, 0.05) is 36.0 Å². The Morgan fingerprint density at radius 1 is 1.29 bits per heavy atom. The summed E-state index contributed by atoms with van der Waals surface area (Å²) in [5, 5.41) is 6.01. The summed E-state index contributed by atoms with van der Waals surface area (Å²) < 4.78 is 0. The van der Waals surface area contributed by atoms with Crippen molar-refractivity contribution in [3.8, 4) is 0 Å². The lowest BCUT2D eigenvalue weighted by atomic mass is 9.96. The van der Waals surface area contributed by atoms with Crippen molar-refractivity contribution in [1.82, 2.24) is 19.9 Å². The van der Waals surface area contributed by atoms with Crippen LogP contribution in [0.3, 0.4) is 0 Å². The Kier molecular flexibility index (Phi) is 4.80. The van der Waals surface area contributed by atoms with Gasteiger partial charge in [-0.25, -0.2) is 19.7 Å². The van der Waals surface area contributed by atoms with Crippen molar-refractivity contribution in [3.05, 3.63) is 34.8 Å². The number of thiazole rings is 1. The number of rotatable bonds is 2. The van der Waals surface area contributed by atoms with Gasteiger partial charge in [-0.2, -0.15) is 0 Å². The van der Waals surface area contributed by atoms with Crippen molar-refractivity contribution in [2.24, 2.45) is 0 Å². The van der Waals surface area contributed by atoms with E-state index in [2.05, 4.69) is 41.0 Å². The van der Waals surface area contributed by atoms with E-state index < -0.39 is 0 Å². The summed E-state index contributed by atoms with van der Waals surface area (Å²) in [5.74, 6) is 1.10. The second-order valence-corrected chi connectivity index (χ2v) is 8.06. The van der Waals surface area contributed by atoms with Crippen molar-refractivity contribution in [2.75, 3.05) is 18.4 Å². The number of anilines is 1. The molecule has 1 atom stereocenters. The number of nitrogens with one attached hydrogen (secondary N) is 1. The van der Waals surface area contributed by atoms with Crippen LogP contribution in [-0.4, -0.2) is 39.0 Å². The van der Waals surface area contributed by atoms with Crippen molar-refractivity contribution in [2.45, 2.75) is 44.9 Å². The molecule has 0 radical (unpaired) electrons. The Hall–Kier alpha value is -2.02. The Morgan fingerprint density at radius 3 is 2.67 bits per heavy atom. The Morgan fingerprint density at radius 2 is 2.04 bits per heavy atom. The van der Waals surface area contributed by atoms with Crippen LogP contribution in [0, 0.1) is 0 Å². The normalized spacial score (nSPS) is 18.5. The van der Waals surface area contributed by atoms with Crippen LogP contribution in [0.5, 0.6) is 0 Å². The lowest BCUT2D eigenvalue weighted by Gasteiger charge is -2.31. The number of piperidine rings is 1. The van der Waals surface area contributed by atoms with E-state index in [1.165, 1.54) is 0 Å². The molecule has 1 saturated heterocycles. The number of nitrogens with zero attached hydrogens (tertiary/aromatic N) is 4. The summed E-state index contributed by atoms with van der Waals surface area (Å²) in [4.78, 5) is 27.5. The Balaban J connectivity index is 1.62. The first-order valence-electron chi connectivity index (χ1n) is 8.21. The van der Waals surface area contributed by atoms with Gasteiger partial charge in [0.15, 0.2) is 0 Å². The molecule has 2 aromatic rings. The largest absolute Gasteiger partial charge is 0.324 e. The summed E-state index contributed by atoms with van der Waals surface area (Å²) in [5.41, 5.74) is 0.528. The van der Waals surface area contributed by atoms with Crippen LogP contribution >= 0.6 is 11.3 Å². The summed E-state index contributed by atoms with van der Waals surface area (Å²) in [7, 11) is 0. The number of urea groups is 1. The van der Waals surface area contributed by atoms with Crippen LogP contribution in [0.1, 0.15) is 50.4 Å². The molecule has 0 aromatic carbocycles. The number of hydrogen-bond acceptors (Lipinski definition) is 5. The lowest BCUT2D eigenvalue weighted by molar-refractivity contribution is 0.192. The molecule has 128 valence electrons. The highest BCUT2D eigenvalue weighted by molar-refractivity contribution is 7.09. The third-order valence-corrected chi connectivity index (χ3v) is 5.02. The minimum absolute atomic E-state index is 0.0941.